The van der Waals surface area contributed by atoms with Crippen LogP contribution in [0.15, 0.2) is 59.5 Å². The van der Waals surface area contributed by atoms with E-state index in [4.69, 9.17) is 9.47 Å². The fraction of sp³-hybridized carbons (Fsp3) is 0.250. The predicted octanol–water partition coefficient (Wildman–Crippen LogP) is 2.50. The predicted molar refractivity (Wildman–Crippen MR) is 100 cm³/mol. The van der Waals surface area contributed by atoms with Crippen molar-refractivity contribution in [2.24, 2.45) is 0 Å². The Kier molecular flexibility index (Phi) is 4.61. The molecule has 140 valence electrons. The van der Waals surface area contributed by atoms with E-state index in [-0.39, 0.29) is 19.2 Å². The van der Waals surface area contributed by atoms with Crippen LogP contribution in [-0.2, 0) is 14.6 Å². The Balaban J connectivity index is 1.42. The molecule has 2 aliphatic heterocycles. The molecule has 0 radical (unpaired) electrons. The molecule has 2 aromatic carbocycles. The van der Waals surface area contributed by atoms with E-state index in [9.17, 15) is 13.2 Å². The Morgan fingerprint density at radius 2 is 1.85 bits per heavy atom. The molecular formula is C20H19NO5S. The maximum atomic E-state index is 12.7. The number of ether oxygens (including phenoxy) is 2. The van der Waals surface area contributed by atoms with Crippen molar-refractivity contribution in [3.63, 3.8) is 0 Å². The number of likely N-dealkylation sites (tertiary alicyclic amines) is 1. The van der Waals surface area contributed by atoms with Crippen LogP contribution in [0.25, 0.3) is 6.08 Å². The fourth-order valence-electron chi connectivity index (χ4n) is 3.27. The molecule has 2 aromatic rings. The zero-order valence-electron chi connectivity index (χ0n) is 14.6. The lowest BCUT2D eigenvalue weighted by Crippen LogP contribution is -2.30. The summed E-state index contributed by atoms with van der Waals surface area (Å²) < 4.78 is 36.0. The highest BCUT2D eigenvalue weighted by Crippen LogP contribution is 2.32. The van der Waals surface area contributed by atoms with E-state index in [0.29, 0.717) is 29.4 Å². The van der Waals surface area contributed by atoms with E-state index in [1.807, 2.05) is 6.07 Å². The molecule has 0 bridgehead atoms. The minimum absolute atomic E-state index is 0.196. The molecule has 6 nitrogen and oxygen atoms in total. The van der Waals surface area contributed by atoms with E-state index >= 15 is 0 Å². The molecule has 0 aromatic heterocycles. The second kappa shape index (κ2) is 7.08. The molecule has 0 N–H and O–H groups in total. The van der Waals surface area contributed by atoms with Gasteiger partial charge in [0.25, 0.3) is 0 Å². The molecule has 1 saturated heterocycles. The summed E-state index contributed by atoms with van der Waals surface area (Å²) in [5.74, 6) is 1.14. The number of carbonyl (C=O) groups excluding carboxylic acids is 1. The Hall–Kier alpha value is -2.80. The number of nitrogens with zero attached hydrogens (tertiary/aromatic N) is 1. The summed E-state index contributed by atoms with van der Waals surface area (Å²) in [4.78, 5) is 14.3. The minimum atomic E-state index is -3.43. The van der Waals surface area contributed by atoms with E-state index in [0.717, 1.165) is 5.56 Å². The molecule has 1 atom stereocenters. The maximum absolute atomic E-state index is 12.7. The van der Waals surface area contributed by atoms with Crippen molar-refractivity contribution >= 4 is 21.8 Å². The molecule has 2 aliphatic rings. The summed E-state index contributed by atoms with van der Waals surface area (Å²) in [5.41, 5.74) is 0.820. The van der Waals surface area contributed by atoms with Crippen LogP contribution in [-0.4, -0.2) is 44.4 Å². The summed E-state index contributed by atoms with van der Waals surface area (Å²) in [6, 6.07) is 13.8. The first-order valence-electron chi connectivity index (χ1n) is 8.69. The largest absolute Gasteiger partial charge is 0.454 e. The molecule has 2 heterocycles. The molecule has 0 saturated carbocycles. The van der Waals surface area contributed by atoms with Crippen molar-refractivity contribution in [3.8, 4) is 11.5 Å². The van der Waals surface area contributed by atoms with Gasteiger partial charge in [-0.1, -0.05) is 24.3 Å². The number of sulfone groups is 1. The number of hydrogen-bond acceptors (Lipinski definition) is 5. The topological polar surface area (TPSA) is 72.9 Å². The smallest absolute Gasteiger partial charge is 0.246 e. The lowest BCUT2D eigenvalue weighted by Gasteiger charge is -2.15. The van der Waals surface area contributed by atoms with E-state index in [1.54, 1.807) is 53.4 Å². The molecule has 0 spiro atoms. The van der Waals surface area contributed by atoms with Crippen molar-refractivity contribution in [1.82, 2.24) is 4.90 Å². The van der Waals surface area contributed by atoms with Crippen LogP contribution in [0.5, 0.6) is 11.5 Å². The van der Waals surface area contributed by atoms with Crippen LogP contribution in [0.3, 0.4) is 0 Å². The van der Waals surface area contributed by atoms with Crippen molar-refractivity contribution in [2.45, 2.75) is 16.6 Å². The van der Waals surface area contributed by atoms with Gasteiger partial charge in [0, 0.05) is 19.2 Å². The van der Waals surface area contributed by atoms with Crippen LogP contribution in [0.4, 0.5) is 0 Å². The second-order valence-electron chi connectivity index (χ2n) is 6.50. The Morgan fingerprint density at radius 1 is 1.07 bits per heavy atom. The number of rotatable bonds is 4. The number of carbonyl (C=O) groups is 1. The van der Waals surface area contributed by atoms with Gasteiger partial charge in [0.2, 0.25) is 12.7 Å². The lowest BCUT2D eigenvalue weighted by molar-refractivity contribution is -0.124. The molecule has 27 heavy (non-hydrogen) atoms. The van der Waals surface area contributed by atoms with Crippen molar-refractivity contribution < 1.29 is 22.7 Å². The van der Waals surface area contributed by atoms with Gasteiger partial charge in [-0.25, -0.2) is 8.42 Å². The third-order valence-corrected chi connectivity index (χ3v) is 6.97. The van der Waals surface area contributed by atoms with Gasteiger partial charge in [-0.05, 0) is 42.3 Å². The summed E-state index contributed by atoms with van der Waals surface area (Å²) in [7, 11) is -3.43. The molecule has 4 rings (SSSR count). The standard InChI is InChI=1S/C20H19NO5S/c22-20(9-7-15-6-8-18-19(12-15)26-14-25-18)21-11-10-17(13-21)27(23,24)16-4-2-1-3-5-16/h1-9,12,17H,10-11,13-14H2/b9-7+/t17-/m0/s1. The van der Waals surface area contributed by atoms with E-state index in [1.165, 1.54) is 6.08 Å². The van der Waals surface area contributed by atoms with Gasteiger partial charge in [0.05, 0.1) is 10.1 Å². The van der Waals surface area contributed by atoms with Crippen LogP contribution in [0.1, 0.15) is 12.0 Å². The monoisotopic (exact) mass is 385 g/mol. The van der Waals surface area contributed by atoms with Gasteiger partial charge in [-0.15, -0.1) is 0 Å². The Bertz CT molecular complexity index is 985. The Labute approximate surface area is 157 Å². The van der Waals surface area contributed by atoms with Gasteiger partial charge < -0.3 is 14.4 Å². The fourth-order valence-corrected chi connectivity index (χ4v) is 4.99. The first-order valence-corrected chi connectivity index (χ1v) is 10.2. The number of hydrogen-bond donors (Lipinski definition) is 0. The quantitative estimate of drug-likeness (QED) is 0.756. The molecule has 7 heteroatoms. The highest BCUT2D eigenvalue weighted by molar-refractivity contribution is 7.92. The van der Waals surface area contributed by atoms with Crippen molar-refractivity contribution in [3.05, 3.63) is 60.2 Å². The van der Waals surface area contributed by atoms with Gasteiger partial charge >= 0.3 is 0 Å². The summed E-state index contributed by atoms with van der Waals surface area (Å²) >= 11 is 0. The molecular weight excluding hydrogens is 366 g/mol. The van der Waals surface area contributed by atoms with Crippen LogP contribution < -0.4 is 9.47 Å². The molecule has 0 aliphatic carbocycles. The first-order chi connectivity index (χ1) is 13.0. The van der Waals surface area contributed by atoms with E-state index in [2.05, 4.69) is 0 Å². The van der Waals surface area contributed by atoms with E-state index < -0.39 is 15.1 Å². The average molecular weight is 385 g/mol. The third-order valence-electron chi connectivity index (χ3n) is 4.78. The lowest BCUT2D eigenvalue weighted by atomic mass is 10.2. The highest BCUT2D eigenvalue weighted by Gasteiger charge is 2.35. The Morgan fingerprint density at radius 3 is 2.67 bits per heavy atom. The van der Waals surface area contributed by atoms with Gasteiger partial charge in [-0.3, -0.25) is 4.79 Å². The maximum Gasteiger partial charge on any atom is 0.246 e. The molecule has 1 fully saturated rings. The second-order valence-corrected chi connectivity index (χ2v) is 8.73. The first kappa shape index (κ1) is 17.6. The summed E-state index contributed by atoms with van der Waals surface area (Å²) in [6.07, 6.45) is 3.61. The number of benzene rings is 2. The highest BCUT2D eigenvalue weighted by atomic mass is 32.2. The van der Waals surface area contributed by atoms with Crippen molar-refractivity contribution in [2.75, 3.05) is 19.9 Å². The minimum Gasteiger partial charge on any atom is -0.454 e. The van der Waals surface area contributed by atoms with Crippen molar-refractivity contribution in [1.29, 1.82) is 0 Å². The van der Waals surface area contributed by atoms with Gasteiger partial charge in [0.1, 0.15) is 0 Å². The summed E-state index contributed by atoms with van der Waals surface area (Å²) in [5, 5.41) is -0.567. The zero-order valence-corrected chi connectivity index (χ0v) is 15.4. The zero-order chi connectivity index (χ0) is 18.9. The average Bonchev–Trinajstić information content (AvgIpc) is 3.36. The molecule has 1 amide bonds. The SMILES string of the molecule is O=C(/C=C/c1ccc2c(c1)OCO2)N1CC[C@H](S(=O)(=O)c2ccccc2)C1. The van der Waals surface area contributed by atoms with Crippen LogP contribution in [0, 0.1) is 0 Å². The number of fused-ring (bicyclic) bond motifs is 1. The normalized spacial score (nSPS) is 19.0. The van der Waals surface area contributed by atoms with Crippen LogP contribution >= 0.6 is 0 Å². The number of amides is 1. The van der Waals surface area contributed by atoms with Gasteiger partial charge in [-0.2, -0.15) is 0 Å². The van der Waals surface area contributed by atoms with Crippen LogP contribution in [0.2, 0.25) is 0 Å². The third kappa shape index (κ3) is 3.55. The summed E-state index contributed by atoms with van der Waals surface area (Å²) in [6.45, 7) is 0.842. The van der Waals surface area contributed by atoms with Gasteiger partial charge in [0.15, 0.2) is 21.3 Å². The molecule has 0 unspecified atom stereocenters.